The summed E-state index contributed by atoms with van der Waals surface area (Å²) >= 11 is 0. The first-order valence-corrected chi connectivity index (χ1v) is 4.80. The molecule has 0 atom stereocenters. The molecule has 2 rings (SSSR count). The third-order valence-electron chi connectivity index (χ3n) is 2.36. The minimum absolute atomic E-state index is 0.398. The van der Waals surface area contributed by atoms with Gasteiger partial charge in [-0.1, -0.05) is 0 Å². The highest BCUT2D eigenvalue weighted by molar-refractivity contribution is 5.65. The highest BCUT2D eigenvalue weighted by atomic mass is 19.2. The van der Waals surface area contributed by atoms with Crippen molar-refractivity contribution in [3.63, 3.8) is 0 Å². The van der Waals surface area contributed by atoms with Crippen LogP contribution in [0.1, 0.15) is 0 Å². The van der Waals surface area contributed by atoms with E-state index in [-0.39, 0.29) is 0 Å². The van der Waals surface area contributed by atoms with Crippen molar-refractivity contribution in [1.29, 1.82) is 0 Å². The molecule has 0 aliphatic carbocycles. The normalized spacial score (nSPS) is 10.9. The Morgan fingerprint density at radius 2 is 0.842 bits per heavy atom. The molecular weight excluding hydrogens is 277 g/mol. The van der Waals surface area contributed by atoms with E-state index in [9.17, 15) is 30.7 Å². The third kappa shape index (κ3) is 2.16. The first-order chi connectivity index (χ1) is 8.82. The van der Waals surface area contributed by atoms with Crippen LogP contribution in [0, 0.1) is 40.7 Å². The molecular formula is C12H3F7. The summed E-state index contributed by atoms with van der Waals surface area (Å²) in [4.78, 5) is 0. The van der Waals surface area contributed by atoms with Crippen LogP contribution in [0.2, 0.25) is 0 Å². The number of rotatable bonds is 1. The number of hydrogen-bond acceptors (Lipinski definition) is 0. The topological polar surface area (TPSA) is 0 Å². The van der Waals surface area contributed by atoms with Crippen LogP contribution in [0.25, 0.3) is 11.1 Å². The molecule has 0 heterocycles. The summed E-state index contributed by atoms with van der Waals surface area (Å²) in [6, 6.07) is 1.32. The molecule has 0 aromatic heterocycles. The fraction of sp³-hybridized carbons (Fsp3) is 0. The van der Waals surface area contributed by atoms with Gasteiger partial charge in [0.1, 0.15) is 11.6 Å². The Morgan fingerprint density at radius 1 is 0.474 bits per heavy atom. The monoisotopic (exact) mass is 280 g/mol. The van der Waals surface area contributed by atoms with E-state index in [1.165, 1.54) is 0 Å². The average Bonchev–Trinajstić information content (AvgIpc) is 2.33. The maximum absolute atomic E-state index is 13.4. The molecule has 0 radical (unpaired) electrons. The Balaban J connectivity index is 2.82. The molecule has 0 aliphatic heterocycles. The van der Waals surface area contributed by atoms with Crippen molar-refractivity contribution in [3.8, 4) is 11.1 Å². The predicted molar refractivity (Wildman–Crippen MR) is 51.6 cm³/mol. The second-order valence-corrected chi connectivity index (χ2v) is 3.60. The van der Waals surface area contributed by atoms with Gasteiger partial charge in [0, 0.05) is 6.07 Å². The maximum Gasteiger partial charge on any atom is 0.200 e. The van der Waals surface area contributed by atoms with Crippen LogP contribution in [-0.2, 0) is 0 Å². The van der Waals surface area contributed by atoms with E-state index in [0.29, 0.717) is 18.2 Å². The Labute approximate surface area is 102 Å². The van der Waals surface area contributed by atoms with E-state index in [4.69, 9.17) is 0 Å². The number of halogens is 7. The van der Waals surface area contributed by atoms with Gasteiger partial charge in [-0.25, -0.2) is 30.7 Å². The summed E-state index contributed by atoms with van der Waals surface area (Å²) < 4.78 is 91.3. The van der Waals surface area contributed by atoms with Crippen LogP contribution >= 0.6 is 0 Å². The Morgan fingerprint density at radius 3 is 1.26 bits per heavy atom. The Hall–Kier alpha value is -2.05. The van der Waals surface area contributed by atoms with Gasteiger partial charge in [-0.2, -0.15) is 0 Å². The van der Waals surface area contributed by atoms with Gasteiger partial charge in [0.15, 0.2) is 23.3 Å². The van der Waals surface area contributed by atoms with Crippen molar-refractivity contribution >= 4 is 0 Å². The van der Waals surface area contributed by atoms with E-state index >= 15 is 0 Å². The van der Waals surface area contributed by atoms with Gasteiger partial charge in [-0.05, 0) is 17.7 Å². The summed E-state index contributed by atoms with van der Waals surface area (Å²) in [5.74, 6) is -13.4. The summed E-state index contributed by atoms with van der Waals surface area (Å²) in [5.41, 5.74) is -2.17. The Bertz CT molecular complexity index is 614. The zero-order valence-corrected chi connectivity index (χ0v) is 8.88. The van der Waals surface area contributed by atoms with Crippen LogP contribution < -0.4 is 0 Å². The standard InChI is InChI=1S/C12H3F7/c13-5-1-4(2-6(14)3-5)7-8(15)10(17)12(19)11(18)9(7)16/h1-3H. The van der Waals surface area contributed by atoms with E-state index in [2.05, 4.69) is 0 Å². The minimum Gasteiger partial charge on any atom is -0.207 e. The minimum atomic E-state index is -2.34. The first kappa shape index (κ1) is 13.4. The smallest absolute Gasteiger partial charge is 0.200 e. The summed E-state index contributed by atoms with van der Waals surface area (Å²) in [7, 11) is 0. The lowest BCUT2D eigenvalue weighted by atomic mass is 10.0. The second-order valence-electron chi connectivity index (χ2n) is 3.60. The van der Waals surface area contributed by atoms with Gasteiger partial charge in [-0.3, -0.25) is 0 Å². The van der Waals surface area contributed by atoms with Crippen LogP contribution in [0.5, 0.6) is 0 Å². The lowest BCUT2D eigenvalue weighted by Gasteiger charge is -2.08. The third-order valence-corrected chi connectivity index (χ3v) is 2.36. The van der Waals surface area contributed by atoms with Crippen LogP contribution in [0.4, 0.5) is 30.7 Å². The molecule has 0 saturated carbocycles. The summed E-state index contributed by atoms with van der Waals surface area (Å²) in [6.07, 6.45) is 0. The lowest BCUT2D eigenvalue weighted by Crippen LogP contribution is -2.04. The van der Waals surface area contributed by atoms with Gasteiger partial charge in [-0.15, -0.1) is 0 Å². The molecule has 0 aliphatic rings. The quantitative estimate of drug-likeness (QED) is 0.414. The molecule has 0 unspecified atom stereocenters. The Kier molecular flexibility index (Phi) is 3.21. The largest absolute Gasteiger partial charge is 0.207 e. The van der Waals surface area contributed by atoms with Crippen molar-refractivity contribution in [2.24, 2.45) is 0 Å². The molecule has 0 fully saturated rings. The number of benzene rings is 2. The fourth-order valence-electron chi connectivity index (χ4n) is 1.56. The molecule has 19 heavy (non-hydrogen) atoms. The molecule has 0 bridgehead atoms. The van der Waals surface area contributed by atoms with Gasteiger partial charge in [0.2, 0.25) is 5.82 Å². The SMILES string of the molecule is Fc1cc(F)cc(-c2c(F)c(F)c(F)c(F)c2F)c1. The molecule has 0 spiro atoms. The van der Waals surface area contributed by atoms with Gasteiger partial charge in [0.05, 0.1) is 5.56 Å². The van der Waals surface area contributed by atoms with Crippen molar-refractivity contribution in [2.45, 2.75) is 0 Å². The summed E-state index contributed by atoms with van der Waals surface area (Å²) in [6.45, 7) is 0. The molecule has 0 nitrogen and oxygen atoms in total. The van der Waals surface area contributed by atoms with E-state index in [1.807, 2.05) is 0 Å². The highest BCUT2D eigenvalue weighted by Gasteiger charge is 2.26. The van der Waals surface area contributed by atoms with Crippen LogP contribution in [-0.4, -0.2) is 0 Å². The second kappa shape index (κ2) is 4.56. The van der Waals surface area contributed by atoms with E-state index in [1.54, 1.807) is 0 Å². The first-order valence-electron chi connectivity index (χ1n) is 4.80. The molecule has 0 N–H and O–H groups in total. The van der Waals surface area contributed by atoms with Crippen molar-refractivity contribution in [2.75, 3.05) is 0 Å². The average molecular weight is 280 g/mol. The maximum atomic E-state index is 13.4. The molecule has 0 saturated heterocycles. The van der Waals surface area contributed by atoms with Crippen molar-refractivity contribution in [1.82, 2.24) is 0 Å². The predicted octanol–water partition coefficient (Wildman–Crippen LogP) is 4.33. The van der Waals surface area contributed by atoms with Gasteiger partial charge >= 0.3 is 0 Å². The van der Waals surface area contributed by atoms with Gasteiger partial charge < -0.3 is 0 Å². The van der Waals surface area contributed by atoms with Crippen LogP contribution in [0.15, 0.2) is 18.2 Å². The van der Waals surface area contributed by atoms with Gasteiger partial charge in [0.25, 0.3) is 0 Å². The van der Waals surface area contributed by atoms with E-state index < -0.39 is 51.8 Å². The molecule has 100 valence electrons. The van der Waals surface area contributed by atoms with Crippen LogP contribution in [0.3, 0.4) is 0 Å². The fourth-order valence-corrected chi connectivity index (χ4v) is 1.56. The molecule has 2 aromatic carbocycles. The zero-order chi connectivity index (χ0) is 14.3. The lowest BCUT2D eigenvalue weighted by molar-refractivity contribution is 0.381. The van der Waals surface area contributed by atoms with Crippen molar-refractivity contribution < 1.29 is 30.7 Å². The zero-order valence-electron chi connectivity index (χ0n) is 8.88. The molecule has 7 heteroatoms. The van der Waals surface area contributed by atoms with Crippen molar-refractivity contribution in [3.05, 3.63) is 58.9 Å². The highest BCUT2D eigenvalue weighted by Crippen LogP contribution is 2.32. The molecule has 0 amide bonds. The number of hydrogen-bond donors (Lipinski definition) is 0. The summed E-state index contributed by atoms with van der Waals surface area (Å²) in [5, 5.41) is 0. The van der Waals surface area contributed by atoms with E-state index in [0.717, 1.165) is 0 Å². The molecule has 2 aromatic rings.